The molecule has 130 valence electrons. The van der Waals surface area contributed by atoms with Crippen LogP contribution in [-0.4, -0.2) is 23.9 Å². The molecule has 2 aromatic carbocycles. The van der Waals surface area contributed by atoms with Gasteiger partial charge in [0.05, 0.1) is 0 Å². The van der Waals surface area contributed by atoms with Crippen LogP contribution in [0.1, 0.15) is 29.3 Å². The highest BCUT2D eigenvalue weighted by Crippen LogP contribution is 2.04. The summed E-state index contributed by atoms with van der Waals surface area (Å²) in [5.74, 6) is -1.52. The first-order chi connectivity index (χ1) is 12.1. The molecule has 0 heterocycles. The van der Waals surface area contributed by atoms with Gasteiger partial charge in [-0.15, -0.1) is 0 Å². The molecule has 0 spiro atoms. The Kier molecular flexibility index (Phi) is 6.71. The summed E-state index contributed by atoms with van der Waals surface area (Å²) in [7, 11) is 0. The molecule has 0 aromatic heterocycles. The van der Waals surface area contributed by atoms with Crippen molar-refractivity contribution in [2.45, 2.75) is 25.9 Å². The van der Waals surface area contributed by atoms with Crippen molar-refractivity contribution in [1.29, 1.82) is 0 Å². The van der Waals surface area contributed by atoms with Crippen LogP contribution in [0.15, 0.2) is 60.7 Å². The van der Waals surface area contributed by atoms with Gasteiger partial charge < -0.3 is 4.74 Å². The number of aryl methyl sites for hydroxylation is 1. The zero-order valence-corrected chi connectivity index (χ0v) is 13.9. The maximum atomic E-state index is 11.9. The summed E-state index contributed by atoms with van der Waals surface area (Å²) in [5, 5.41) is 0. The van der Waals surface area contributed by atoms with Gasteiger partial charge >= 0.3 is 5.97 Å². The van der Waals surface area contributed by atoms with Gasteiger partial charge in [-0.05, 0) is 31.0 Å². The number of hydrazine groups is 1. The van der Waals surface area contributed by atoms with Crippen molar-refractivity contribution in [2.75, 3.05) is 0 Å². The van der Waals surface area contributed by atoms with Gasteiger partial charge in [-0.3, -0.25) is 25.2 Å². The Labute approximate surface area is 146 Å². The molecule has 25 heavy (non-hydrogen) atoms. The standard InChI is InChI=1S/C19H20N2O4/c1-14(25-17(22)13-12-15-8-4-2-5-9-15)18(23)20-21-19(24)16-10-6-3-7-11-16/h2-11,14H,12-13H2,1H3,(H,20,23)(H,21,24)/t14-/m1/s1. The van der Waals surface area contributed by atoms with E-state index in [0.717, 1.165) is 5.56 Å². The maximum Gasteiger partial charge on any atom is 0.306 e. The van der Waals surface area contributed by atoms with Crippen molar-refractivity contribution in [3.8, 4) is 0 Å². The van der Waals surface area contributed by atoms with E-state index in [1.165, 1.54) is 6.92 Å². The van der Waals surface area contributed by atoms with Crippen molar-refractivity contribution in [1.82, 2.24) is 10.9 Å². The van der Waals surface area contributed by atoms with Crippen LogP contribution in [0.5, 0.6) is 0 Å². The predicted molar refractivity (Wildman–Crippen MR) is 92.4 cm³/mol. The first-order valence-electron chi connectivity index (χ1n) is 7.95. The molecule has 0 bridgehead atoms. The Morgan fingerprint density at radius 1 is 0.920 bits per heavy atom. The monoisotopic (exact) mass is 340 g/mol. The summed E-state index contributed by atoms with van der Waals surface area (Å²) in [6.45, 7) is 1.45. The summed E-state index contributed by atoms with van der Waals surface area (Å²) in [6.07, 6.45) is -0.282. The van der Waals surface area contributed by atoms with Gasteiger partial charge in [0.2, 0.25) is 0 Å². The third-order valence-corrected chi connectivity index (χ3v) is 3.47. The summed E-state index contributed by atoms with van der Waals surface area (Å²) in [5.41, 5.74) is 5.96. The number of esters is 1. The number of hydrogen-bond acceptors (Lipinski definition) is 4. The van der Waals surface area contributed by atoms with Crippen LogP contribution in [0.4, 0.5) is 0 Å². The van der Waals surface area contributed by atoms with Crippen LogP contribution in [0, 0.1) is 0 Å². The van der Waals surface area contributed by atoms with E-state index in [9.17, 15) is 14.4 Å². The summed E-state index contributed by atoms with van der Waals surface area (Å²) in [6, 6.07) is 18.0. The number of benzene rings is 2. The number of rotatable bonds is 6. The molecule has 0 aliphatic carbocycles. The Balaban J connectivity index is 1.72. The smallest absolute Gasteiger partial charge is 0.306 e. The van der Waals surface area contributed by atoms with Crippen molar-refractivity contribution >= 4 is 17.8 Å². The molecule has 6 nitrogen and oxygen atoms in total. The van der Waals surface area contributed by atoms with Gasteiger partial charge in [-0.25, -0.2) is 0 Å². The zero-order valence-electron chi connectivity index (χ0n) is 13.9. The first kappa shape index (κ1) is 18.2. The molecule has 0 fully saturated rings. The molecule has 0 radical (unpaired) electrons. The lowest BCUT2D eigenvalue weighted by Crippen LogP contribution is -2.46. The largest absolute Gasteiger partial charge is 0.452 e. The molecule has 2 rings (SSSR count). The van der Waals surface area contributed by atoms with Crippen molar-refractivity contribution in [3.05, 3.63) is 71.8 Å². The minimum absolute atomic E-state index is 0.179. The number of nitrogens with one attached hydrogen (secondary N) is 2. The Morgan fingerprint density at radius 2 is 1.52 bits per heavy atom. The summed E-state index contributed by atoms with van der Waals surface area (Å²) >= 11 is 0. The lowest BCUT2D eigenvalue weighted by atomic mass is 10.1. The van der Waals surface area contributed by atoms with Crippen LogP contribution >= 0.6 is 0 Å². The topological polar surface area (TPSA) is 84.5 Å². The molecular weight excluding hydrogens is 320 g/mol. The highest BCUT2D eigenvalue weighted by atomic mass is 16.5. The molecule has 2 amide bonds. The number of carbonyl (C=O) groups is 3. The Hall–Kier alpha value is -3.15. The minimum Gasteiger partial charge on any atom is -0.452 e. The highest BCUT2D eigenvalue weighted by Gasteiger charge is 2.18. The van der Waals surface area contributed by atoms with E-state index < -0.39 is 23.9 Å². The van der Waals surface area contributed by atoms with E-state index in [1.54, 1.807) is 30.3 Å². The van der Waals surface area contributed by atoms with Crippen LogP contribution in [0.25, 0.3) is 0 Å². The third kappa shape index (κ3) is 6.10. The van der Waals surface area contributed by atoms with Gasteiger partial charge in [-0.1, -0.05) is 48.5 Å². The molecule has 2 aromatic rings. The molecular formula is C19H20N2O4. The molecule has 0 aliphatic rings. The van der Waals surface area contributed by atoms with Crippen molar-refractivity contribution < 1.29 is 19.1 Å². The highest BCUT2D eigenvalue weighted by molar-refractivity contribution is 5.95. The first-order valence-corrected chi connectivity index (χ1v) is 7.95. The van der Waals surface area contributed by atoms with Gasteiger partial charge in [0.25, 0.3) is 11.8 Å². The van der Waals surface area contributed by atoms with E-state index in [-0.39, 0.29) is 6.42 Å². The SMILES string of the molecule is C[C@@H](OC(=O)CCc1ccccc1)C(=O)NNC(=O)c1ccccc1. The fraction of sp³-hybridized carbons (Fsp3) is 0.211. The van der Waals surface area contributed by atoms with E-state index >= 15 is 0 Å². The van der Waals surface area contributed by atoms with Gasteiger partial charge in [0.15, 0.2) is 6.10 Å². The van der Waals surface area contributed by atoms with E-state index in [1.807, 2.05) is 30.3 Å². The number of carbonyl (C=O) groups excluding carboxylic acids is 3. The molecule has 1 atom stereocenters. The number of hydrogen-bond donors (Lipinski definition) is 2. The van der Waals surface area contributed by atoms with Crippen LogP contribution in [0.2, 0.25) is 0 Å². The third-order valence-electron chi connectivity index (χ3n) is 3.47. The van der Waals surface area contributed by atoms with Gasteiger partial charge in [0, 0.05) is 12.0 Å². The molecule has 0 unspecified atom stereocenters. The average molecular weight is 340 g/mol. The lowest BCUT2D eigenvalue weighted by molar-refractivity contribution is -0.155. The fourth-order valence-electron chi connectivity index (χ4n) is 2.08. The number of amides is 2. The molecule has 0 saturated carbocycles. The minimum atomic E-state index is -1.00. The quantitative estimate of drug-likeness (QED) is 0.622. The Morgan fingerprint density at radius 3 is 2.16 bits per heavy atom. The average Bonchev–Trinajstić information content (AvgIpc) is 2.65. The van der Waals surface area contributed by atoms with Crippen LogP contribution in [-0.2, 0) is 20.7 Å². The van der Waals surface area contributed by atoms with Crippen molar-refractivity contribution in [3.63, 3.8) is 0 Å². The molecule has 2 N–H and O–H groups in total. The maximum absolute atomic E-state index is 11.9. The second kappa shape index (κ2) is 9.22. The normalized spacial score (nSPS) is 11.2. The molecule has 0 saturated heterocycles. The fourth-order valence-corrected chi connectivity index (χ4v) is 2.08. The zero-order chi connectivity index (χ0) is 18.1. The second-order valence-corrected chi connectivity index (χ2v) is 5.43. The summed E-state index contributed by atoms with van der Waals surface area (Å²) in [4.78, 5) is 35.5. The van der Waals surface area contributed by atoms with Gasteiger partial charge in [0.1, 0.15) is 0 Å². The molecule has 6 heteroatoms. The molecule has 0 aliphatic heterocycles. The predicted octanol–water partition coefficient (Wildman–Crippen LogP) is 2.01. The Bertz CT molecular complexity index is 717. The number of ether oxygens (including phenoxy) is 1. The lowest BCUT2D eigenvalue weighted by Gasteiger charge is -2.14. The summed E-state index contributed by atoms with van der Waals surface area (Å²) < 4.78 is 5.07. The van der Waals surface area contributed by atoms with E-state index in [2.05, 4.69) is 10.9 Å². The van der Waals surface area contributed by atoms with E-state index in [0.29, 0.717) is 12.0 Å². The van der Waals surface area contributed by atoms with Gasteiger partial charge in [-0.2, -0.15) is 0 Å². The van der Waals surface area contributed by atoms with Crippen molar-refractivity contribution in [2.24, 2.45) is 0 Å². The second-order valence-electron chi connectivity index (χ2n) is 5.43. The van der Waals surface area contributed by atoms with Crippen LogP contribution in [0.3, 0.4) is 0 Å². The van der Waals surface area contributed by atoms with Crippen LogP contribution < -0.4 is 10.9 Å². The van der Waals surface area contributed by atoms with E-state index in [4.69, 9.17) is 4.74 Å².